The summed E-state index contributed by atoms with van der Waals surface area (Å²) in [7, 11) is 0. The SMILES string of the molecule is C=c1[nH]n(-c2ccccc2)c(=O)/c1=C\c1ccc(OCC)cc1OCC. The molecule has 0 amide bonds. The second kappa shape index (κ2) is 7.78. The molecule has 1 heterocycles. The molecule has 1 N–H and O–H groups in total. The zero-order valence-corrected chi connectivity index (χ0v) is 15.0. The monoisotopic (exact) mass is 350 g/mol. The minimum Gasteiger partial charge on any atom is -0.494 e. The van der Waals surface area contributed by atoms with Gasteiger partial charge in [0.15, 0.2) is 0 Å². The predicted octanol–water partition coefficient (Wildman–Crippen LogP) is 2.20. The van der Waals surface area contributed by atoms with E-state index in [2.05, 4.69) is 11.7 Å². The van der Waals surface area contributed by atoms with Crippen LogP contribution in [0.1, 0.15) is 19.4 Å². The van der Waals surface area contributed by atoms with Crippen LogP contribution in [0.5, 0.6) is 11.5 Å². The minimum atomic E-state index is -0.155. The lowest BCUT2D eigenvalue weighted by Gasteiger charge is -2.10. The molecule has 0 atom stereocenters. The van der Waals surface area contributed by atoms with E-state index in [9.17, 15) is 4.79 Å². The molecule has 0 bridgehead atoms. The number of ether oxygens (including phenoxy) is 2. The smallest absolute Gasteiger partial charge is 0.279 e. The number of nitrogens with one attached hydrogen (secondary N) is 1. The van der Waals surface area contributed by atoms with Crippen LogP contribution >= 0.6 is 0 Å². The maximum Gasteiger partial charge on any atom is 0.279 e. The fraction of sp³-hybridized carbons (Fsp3) is 0.190. The summed E-state index contributed by atoms with van der Waals surface area (Å²) < 4.78 is 12.7. The molecule has 0 saturated heterocycles. The largest absolute Gasteiger partial charge is 0.494 e. The van der Waals surface area contributed by atoms with Gasteiger partial charge in [0.25, 0.3) is 5.56 Å². The molecule has 26 heavy (non-hydrogen) atoms. The van der Waals surface area contributed by atoms with Crippen LogP contribution in [0.3, 0.4) is 0 Å². The minimum absolute atomic E-state index is 0.155. The Hall–Kier alpha value is -3.21. The Labute approximate surface area is 151 Å². The number of hydrogen-bond donors (Lipinski definition) is 1. The summed E-state index contributed by atoms with van der Waals surface area (Å²) in [6, 6.07) is 15.0. The first-order valence-electron chi connectivity index (χ1n) is 8.60. The third-order valence-corrected chi connectivity index (χ3v) is 3.92. The molecule has 0 aliphatic heterocycles. The van der Waals surface area contributed by atoms with Crippen LogP contribution in [0.25, 0.3) is 18.3 Å². The fourth-order valence-corrected chi connectivity index (χ4v) is 2.73. The van der Waals surface area contributed by atoms with Gasteiger partial charge in [-0.2, -0.15) is 0 Å². The number of rotatable bonds is 6. The van der Waals surface area contributed by atoms with Crippen molar-refractivity contribution >= 4 is 12.7 Å². The molecule has 5 nitrogen and oxygen atoms in total. The number of hydrogen-bond acceptors (Lipinski definition) is 3. The normalized spacial score (nSPS) is 11.5. The molecule has 2 aromatic carbocycles. The van der Waals surface area contributed by atoms with Gasteiger partial charge in [-0.05, 0) is 44.2 Å². The van der Waals surface area contributed by atoms with Crippen molar-refractivity contribution in [2.45, 2.75) is 13.8 Å². The van der Waals surface area contributed by atoms with Crippen molar-refractivity contribution in [3.05, 3.63) is 75.0 Å². The van der Waals surface area contributed by atoms with E-state index in [0.29, 0.717) is 29.5 Å². The summed E-state index contributed by atoms with van der Waals surface area (Å²) in [5, 5.41) is 4.08. The van der Waals surface area contributed by atoms with Crippen LogP contribution in [0.4, 0.5) is 0 Å². The molecule has 134 valence electrons. The molecule has 0 saturated carbocycles. The Morgan fingerprint density at radius 3 is 2.50 bits per heavy atom. The van der Waals surface area contributed by atoms with Gasteiger partial charge >= 0.3 is 0 Å². The summed E-state index contributed by atoms with van der Waals surface area (Å²) in [5.74, 6) is 1.41. The number of H-pyrrole nitrogens is 1. The molecule has 0 aliphatic rings. The van der Waals surface area contributed by atoms with E-state index in [4.69, 9.17) is 9.47 Å². The van der Waals surface area contributed by atoms with Crippen LogP contribution in [0.15, 0.2) is 53.3 Å². The fourth-order valence-electron chi connectivity index (χ4n) is 2.73. The van der Waals surface area contributed by atoms with E-state index in [0.717, 1.165) is 17.0 Å². The van der Waals surface area contributed by atoms with Gasteiger partial charge < -0.3 is 9.47 Å². The summed E-state index contributed by atoms with van der Waals surface area (Å²) in [6.45, 7) is 8.93. The predicted molar refractivity (Wildman–Crippen MR) is 104 cm³/mol. The third kappa shape index (κ3) is 3.57. The standard InChI is InChI=1S/C21H22N2O3/c1-4-25-18-12-11-16(20(14-18)26-5-2)13-19-15(3)22-23(21(19)24)17-9-7-6-8-10-17/h6-14,22H,3-5H2,1-2H3/b19-13-. The highest BCUT2D eigenvalue weighted by molar-refractivity contribution is 5.59. The highest BCUT2D eigenvalue weighted by atomic mass is 16.5. The van der Waals surface area contributed by atoms with Crippen molar-refractivity contribution in [1.29, 1.82) is 0 Å². The molecule has 3 aromatic rings. The summed E-state index contributed by atoms with van der Waals surface area (Å²) in [4.78, 5) is 12.8. The number of para-hydroxylation sites is 1. The zero-order valence-electron chi connectivity index (χ0n) is 15.0. The van der Waals surface area contributed by atoms with Gasteiger partial charge in [-0.15, -0.1) is 0 Å². The Kier molecular flexibility index (Phi) is 5.27. The number of aromatic amines is 1. The molecular formula is C21H22N2O3. The first-order valence-corrected chi connectivity index (χ1v) is 8.60. The van der Waals surface area contributed by atoms with Gasteiger partial charge in [-0.3, -0.25) is 9.89 Å². The first kappa shape index (κ1) is 17.6. The third-order valence-electron chi connectivity index (χ3n) is 3.92. The highest BCUT2D eigenvalue weighted by Gasteiger charge is 2.08. The van der Waals surface area contributed by atoms with E-state index in [1.807, 2.05) is 62.4 Å². The molecule has 0 spiro atoms. The van der Waals surface area contributed by atoms with Gasteiger partial charge in [-0.1, -0.05) is 24.8 Å². The molecule has 5 heteroatoms. The number of aromatic nitrogens is 2. The number of nitrogens with zero attached hydrogens (tertiary/aromatic N) is 1. The topological polar surface area (TPSA) is 56.2 Å². The van der Waals surface area contributed by atoms with Crippen molar-refractivity contribution in [2.75, 3.05) is 13.2 Å². The lowest BCUT2D eigenvalue weighted by Crippen LogP contribution is -2.34. The Bertz CT molecular complexity index is 1050. The molecule has 3 rings (SSSR count). The Morgan fingerprint density at radius 2 is 1.81 bits per heavy atom. The molecule has 0 unspecified atom stereocenters. The summed E-state index contributed by atoms with van der Waals surface area (Å²) in [6.07, 6.45) is 1.79. The second-order valence-corrected chi connectivity index (χ2v) is 5.69. The highest BCUT2D eigenvalue weighted by Crippen LogP contribution is 2.25. The van der Waals surface area contributed by atoms with Crippen LogP contribution in [0, 0.1) is 0 Å². The van der Waals surface area contributed by atoms with Crippen molar-refractivity contribution in [3.8, 4) is 17.2 Å². The van der Waals surface area contributed by atoms with Crippen LogP contribution < -0.4 is 25.6 Å². The van der Waals surface area contributed by atoms with Gasteiger partial charge in [0.1, 0.15) is 11.5 Å². The zero-order chi connectivity index (χ0) is 18.5. The molecule has 0 fully saturated rings. The molecule has 0 aliphatic carbocycles. The van der Waals surface area contributed by atoms with E-state index < -0.39 is 0 Å². The van der Waals surface area contributed by atoms with Crippen LogP contribution in [0.2, 0.25) is 0 Å². The average Bonchev–Trinajstić information content (AvgIpc) is 2.93. The quantitative estimate of drug-likeness (QED) is 0.742. The second-order valence-electron chi connectivity index (χ2n) is 5.69. The van der Waals surface area contributed by atoms with E-state index >= 15 is 0 Å². The maximum absolute atomic E-state index is 12.8. The van der Waals surface area contributed by atoms with E-state index in [1.54, 1.807) is 6.08 Å². The summed E-state index contributed by atoms with van der Waals surface area (Å²) >= 11 is 0. The molecular weight excluding hydrogens is 328 g/mol. The Balaban J connectivity index is 2.13. The van der Waals surface area contributed by atoms with Crippen molar-refractivity contribution in [2.24, 2.45) is 0 Å². The van der Waals surface area contributed by atoms with Crippen molar-refractivity contribution in [3.63, 3.8) is 0 Å². The first-order chi connectivity index (χ1) is 12.6. The van der Waals surface area contributed by atoms with Crippen LogP contribution in [-0.2, 0) is 0 Å². The van der Waals surface area contributed by atoms with Gasteiger partial charge in [0.05, 0.1) is 29.5 Å². The lowest BCUT2D eigenvalue weighted by atomic mass is 10.1. The van der Waals surface area contributed by atoms with Crippen molar-refractivity contribution in [1.82, 2.24) is 9.78 Å². The molecule has 1 aromatic heterocycles. The number of benzene rings is 2. The van der Waals surface area contributed by atoms with E-state index in [1.165, 1.54) is 4.68 Å². The Morgan fingerprint density at radius 1 is 1.08 bits per heavy atom. The average molecular weight is 350 g/mol. The van der Waals surface area contributed by atoms with Crippen molar-refractivity contribution < 1.29 is 9.47 Å². The van der Waals surface area contributed by atoms with E-state index in [-0.39, 0.29) is 5.56 Å². The van der Waals surface area contributed by atoms with Gasteiger partial charge in [0, 0.05) is 11.6 Å². The summed E-state index contributed by atoms with van der Waals surface area (Å²) in [5.41, 5.74) is 1.41. The maximum atomic E-state index is 12.8. The van der Waals surface area contributed by atoms with Gasteiger partial charge in [0.2, 0.25) is 0 Å². The van der Waals surface area contributed by atoms with Crippen LogP contribution in [-0.4, -0.2) is 23.0 Å². The molecule has 0 radical (unpaired) electrons. The van der Waals surface area contributed by atoms with Gasteiger partial charge in [-0.25, -0.2) is 4.68 Å². The lowest BCUT2D eigenvalue weighted by molar-refractivity contribution is 0.322.